The molecule has 1 rings (SSSR count). The molecule has 6 heteroatoms. The van der Waals surface area contributed by atoms with Gasteiger partial charge in [-0.3, -0.25) is 9.78 Å². The molecule has 14 heavy (non-hydrogen) atoms. The van der Waals surface area contributed by atoms with Crippen molar-refractivity contribution in [3.63, 3.8) is 0 Å². The summed E-state index contributed by atoms with van der Waals surface area (Å²) in [5.74, 6) is -2.64. The van der Waals surface area contributed by atoms with Crippen molar-refractivity contribution >= 4 is 17.6 Å². The van der Waals surface area contributed by atoms with Crippen LogP contribution in [0.25, 0.3) is 0 Å². The van der Waals surface area contributed by atoms with Gasteiger partial charge in [0.1, 0.15) is 0 Å². The molecule has 1 aromatic rings. The zero-order chi connectivity index (χ0) is 10.6. The van der Waals surface area contributed by atoms with Crippen LogP contribution in [-0.2, 0) is 16.1 Å². The molecule has 1 aromatic heterocycles. The highest BCUT2D eigenvalue weighted by Gasteiger charge is 2.10. The molecule has 0 fully saturated rings. The fourth-order valence-electron chi connectivity index (χ4n) is 0.852. The third-order valence-corrected chi connectivity index (χ3v) is 1.48. The Morgan fingerprint density at radius 1 is 1.50 bits per heavy atom. The Hall–Kier alpha value is -1.95. The van der Waals surface area contributed by atoms with Crippen LogP contribution in [0.15, 0.2) is 18.5 Å². The smallest absolute Gasteiger partial charge is 0.394 e. The lowest BCUT2D eigenvalue weighted by Crippen LogP contribution is -2.22. The van der Waals surface area contributed by atoms with Crippen molar-refractivity contribution in [2.75, 3.05) is 5.32 Å². The molecule has 0 aliphatic rings. The van der Waals surface area contributed by atoms with Crippen LogP contribution in [0.4, 0.5) is 5.69 Å². The van der Waals surface area contributed by atoms with Crippen LogP contribution in [0.5, 0.6) is 0 Å². The van der Waals surface area contributed by atoms with Crippen LogP contribution in [0.2, 0.25) is 0 Å². The second-order valence-corrected chi connectivity index (χ2v) is 2.55. The minimum Gasteiger partial charge on any atom is -0.474 e. The van der Waals surface area contributed by atoms with Gasteiger partial charge in [-0.25, -0.2) is 4.79 Å². The van der Waals surface area contributed by atoms with Gasteiger partial charge in [0.25, 0.3) is 0 Å². The Labute approximate surface area is 79.8 Å². The number of rotatable bonds is 2. The molecule has 1 heterocycles. The lowest BCUT2D eigenvalue weighted by atomic mass is 10.2. The van der Waals surface area contributed by atoms with E-state index in [1.54, 1.807) is 6.07 Å². The van der Waals surface area contributed by atoms with Crippen LogP contribution in [0, 0.1) is 0 Å². The Morgan fingerprint density at radius 2 is 2.21 bits per heavy atom. The summed E-state index contributed by atoms with van der Waals surface area (Å²) in [5.41, 5.74) is 6.38. The molecule has 0 saturated heterocycles. The maximum absolute atomic E-state index is 10.7. The maximum atomic E-state index is 10.7. The summed E-state index contributed by atoms with van der Waals surface area (Å²) in [6.45, 7) is 0.282. The molecule has 4 N–H and O–H groups in total. The van der Waals surface area contributed by atoms with Gasteiger partial charge < -0.3 is 16.2 Å². The number of pyridine rings is 1. The molecule has 0 unspecified atom stereocenters. The highest BCUT2D eigenvalue weighted by molar-refractivity contribution is 6.36. The fraction of sp³-hybridized carbons (Fsp3) is 0.125. The zero-order valence-corrected chi connectivity index (χ0v) is 7.23. The summed E-state index contributed by atoms with van der Waals surface area (Å²) in [7, 11) is 0. The average molecular weight is 195 g/mol. The number of carboxylic acids is 1. The highest BCUT2D eigenvalue weighted by Crippen LogP contribution is 2.07. The van der Waals surface area contributed by atoms with Crippen molar-refractivity contribution in [2.24, 2.45) is 5.73 Å². The van der Waals surface area contributed by atoms with E-state index >= 15 is 0 Å². The maximum Gasteiger partial charge on any atom is 0.394 e. The standard InChI is InChI=1S/C8H9N3O3/c9-2-5-1-6(4-10-3-5)11-7(12)8(13)14/h1,3-4H,2,9H2,(H,11,12)(H,13,14). The van der Waals surface area contributed by atoms with E-state index in [0.29, 0.717) is 11.3 Å². The van der Waals surface area contributed by atoms with E-state index in [1.165, 1.54) is 12.4 Å². The van der Waals surface area contributed by atoms with E-state index in [4.69, 9.17) is 10.8 Å². The molecule has 0 aliphatic heterocycles. The lowest BCUT2D eigenvalue weighted by Gasteiger charge is -2.02. The van der Waals surface area contributed by atoms with Crippen molar-refractivity contribution < 1.29 is 14.7 Å². The third-order valence-electron chi connectivity index (χ3n) is 1.48. The van der Waals surface area contributed by atoms with Crippen molar-refractivity contribution in [3.8, 4) is 0 Å². The van der Waals surface area contributed by atoms with Gasteiger partial charge in [-0.1, -0.05) is 0 Å². The SMILES string of the molecule is NCc1cncc(NC(=O)C(=O)O)c1. The Morgan fingerprint density at radius 3 is 2.79 bits per heavy atom. The monoisotopic (exact) mass is 195 g/mol. The van der Waals surface area contributed by atoms with E-state index in [2.05, 4.69) is 10.3 Å². The first-order chi connectivity index (χ1) is 6.63. The topological polar surface area (TPSA) is 105 Å². The van der Waals surface area contributed by atoms with Gasteiger partial charge in [-0.05, 0) is 11.6 Å². The summed E-state index contributed by atoms with van der Waals surface area (Å²) in [6, 6.07) is 1.56. The number of carboxylic acid groups (broad SMARTS) is 1. The van der Waals surface area contributed by atoms with E-state index in [9.17, 15) is 9.59 Å². The van der Waals surface area contributed by atoms with Gasteiger partial charge in [0.15, 0.2) is 0 Å². The molecule has 6 nitrogen and oxygen atoms in total. The molecule has 0 aromatic carbocycles. The summed E-state index contributed by atoms with van der Waals surface area (Å²) in [6.07, 6.45) is 2.89. The number of aliphatic carboxylic acids is 1. The molecule has 0 saturated carbocycles. The first-order valence-electron chi connectivity index (χ1n) is 3.81. The predicted molar refractivity (Wildman–Crippen MR) is 48.4 cm³/mol. The fourth-order valence-corrected chi connectivity index (χ4v) is 0.852. The Kier molecular flexibility index (Phi) is 3.14. The van der Waals surface area contributed by atoms with E-state index in [-0.39, 0.29) is 6.54 Å². The second kappa shape index (κ2) is 4.33. The largest absolute Gasteiger partial charge is 0.474 e. The molecular weight excluding hydrogens is 186 g/mol. The molecule has 0 radical (unpaired) electrons. The zero-order valence-electron chi connectivity index (χ0n) is 7.23. The van der Waals surface area contributed by atoms with Crippen molar-refractivity contribution in [1.82, 2.24) is 4.98 Å². The Bertz CT molecular complexity index is 365. The van der Waals surface area contributed by atoms with Crippen LogP contribution >= 0.6 is 0 Å². The summed E-state index contributed by atoms with van der Waals surface area (Å²) in [4.78, 5) is 24.7. The summed E-state index contributed by atoms with van der Waals surface area (Å²) >= 11 is 0. The lowest BCUT2D eigenvalue weighted by molar-refractivity contribution is -0.147. The number of anilines is 1. The van der Waals surface area contributed by atoms with E-state index in [1.807, 2.05) is 0 Å². The molecule has 0 spiro atoms. The van der Waals surface area contributed by atoms with Crippen molar-refractivity contribution in [2.45, 2.75) is 6.54 Å². The minimum atomic E-state index is -1.54. The molecule has 0 atom stereocenters. The minimum absolute atomic E-state index is 0.282. The van der Waals surface area contributed by atoms with Gasteiger partial charge in [-0.2, -0.15) is 0 Å². The van der Waals surface area contributed by atoms with Gasteiger partial charge in [-0.15, -0.1) is 0 Å². The first-order valence-corrected chi connectivity index (χ1v) is 3.81. The van der Waals surface area contributed by atoms with Crippen LogP contribution < -0.4 is 11.1 Å². The number of nitrogens with two attached hydrogens (primary N) is 1. The number of carbonyl (C=O) groups is 2. The summed E-state index contributed by atoms with van der Waals surface area (Å²) in [5, 5.41) is 10.5. The molecular formula is C8H9N3O3. The molecule has 74 valence electrons. The molecule has 0 bridgehead atoms. The second-order valence-electron chi connectivity index (χ2n) is 2.55. The predicted octanol–water partition coefficient (Wildman–Crippen LogP) is -0.437. The highest BCUT2D eigenvalue weighted by atomic mass is 16.4. The number of nitrogens with zero attached hydrogens (tertiary/aromatic N) is 1. The number of aromatic nitrogens is 1. The molecule has 1 amide bonds. The van der Waals surface area contributed by atoms with E-state index < -0.39 is 11.9 Å². The number of nitrogens with one attached hydrogen (secondary N) is 1. The Balaban J connectivity index is 2.76. The quantitative estimate of drug-likeness (QED) is 0.555. The number of hydrogen-bond acceptors (Lipinski definition) is 4. The van der Waals surface area contributed by atoms with Crippen LogP contribution in [0.1, 0.15) is 5.56 Å². The van der Waals surface area contributed by atoms with Crippen molar-refractivity contribution in [1.29, 1.82) is 0 Å². The number of hydrogen-bond donors (Lipinski definition) is 3. The van der Waals surface area contributed by atoms with Gasteiger partial charge in [0.2, 0.25) is 0 Å². The van der Waals surface area contributed by atoms with Gasteiger partial charge in [0, 0.05) is 12.7 Å². The van der Waals surface area contributed by atoms with Crippen LogP contribution in [-0.4, -0.2) is 22.0 Å². The molecule has 0 aliphatic carbocycles. The van der Waals surface area contributed by atoms with Gasteiger partial charge >= 0.3 is 11.9 Å². The van der Waals surface area contributed by atoms with Gasteiger partial charge in [0.05, 0.1) is 11.9 Å². The van der Waals surface area contributed by atoms with Crippen molar-refractivity contribution in [3.05, 3.63) is 24.0 Å². The summed E-state index contributed by atoms with van der Waals surface area (Å²) < 4.78 is 0. The van der Waals surface area contributed by atoms with E-state index in [0.717, 1.165) is 0 Å². The van der Waals surface area contributed by atoms with Crippen LogP contribution in [0.3, 0.4) is 0 Å². The normalized spacial score (nSPS) is 9.50. The first kappa shape index (κ1) is 10.1. The average Bonchev–Trinajstić information content (AvgIpc) is 2.18. The number of amides is 1. The third kappa shape index (κ3) is 2.53. The number of carbonyl (C=O) groups excluding carboxylic acids is 1.